The number of carbonyl (C=O) groups excluding carboxylic acids is 3. The van der Waals surface area contributed by atoms with Gasteiger partial charge in [0.05, 0.1) is 6.54 Å². The molecule has 1 fully saturated rings. The van der Waals surface area contributed by atoms with Crippen molar-refractivity contribution in [1.82, 2.24) is 10.2 Å². The number of aromatic hydroxyl groups is 1. The molecule has 0 radical (unpaired) electrons. The molecule has 1 aliphatic carbocycles. The van der Waals surface area contributed by atoms with Crippen LogP contribution in [0.4, 0.5) is 0 Å². The molecular formula is C15H17ClN2O5. The van der Waals surface area contributed by atoms with Crippen molar-refractivity contribution < 1.29 is 24.2 Å². The van der Waals surface area contributed by atoms with E-state index in [9.17, 15) is 19.5 Å². The molecule has 1 saturated carbocycles. The highest BCUT2D eigenvalue weighted by Gasteiger charge is 2.24. The first-order valence-corrected chi connectivity index (χ1v) is 7.43. The summed E-state index contributed by atoms with van der Waals surface area (Å²) in [5.74, 6) is -1.93. The molecule has 124 valence electrons. The molecule has 23 heavy (non-hydrogen) atoms. The Kier molecular flexibility index (Phi) is 5.44. The second kappa shape index (κ2) is 7.32. The molecular weight excluding hydrogens is 324 g/mol. The number of hydrogen-bond donors (Lipinski definition) is 2. The maximum Gasteiger partial charge on any atom is 0.342 e. The number of likely N-dealkylation sites (N-methyl/N-ethyl adjacent to an activating group) is 1. The number of esters is 1. The van der Waals surface area contributed by atoms with E-state index in [2.05, 4.69) is 5.32 Å². The Morgan fingerprint density at radius 3 is 2.70 bits per heavy atom. The summed E-state index contributed by atoms with van der Waals surface area (Å²) in [6, 6.07) is 4.15. The predicted octanol–water partition coefficient (Wildman–Crippen LogP) is 0.939. The largest absolute Gasteiger partial charge is 0.507 e. The lowest BCUT2D eigenvalue weighted by Gasteiger charge is -2.16. The molecule has 2 N–H and O–H groups in total. The maximum absolute atomic E-state index is 11.8. The number of nitrogens with zero attached hydrogens (tertiary/aromatic N) is 1. The van der Waals surface area contributed by atoms with E-state index < -0.39 is 18.5 Å². The lowest BCUT2D eigenvalue weighted by Crippen LogP contribution is -2.40. The Balaban J connectivity index is 1.80. The SMILES string of the molecule is CN(CC(=O)NC1CC1)C(=O)COC(=O)c1ccc(Cl)cc1O. The third kappa shape index (κ3) is 5.14. The van der Waals surface area contributed by atoms with Gasteiger partial charge in [-0.2, -0.15) is 0 Å². The number of nitrogens with one attached hydrogen (secondary N) is 1. The highest BCUT2D eigenvalue weighted by Crippen LogP contribution is 2.22. The quantitative estimate of drug-likeness (QED) is 0.751. The molecule has 2 amide bonds. The molecule has 2 rings (SSSR count). The number of halogens is 1. The highest BCUT2D eigenvalue weighted by molar-refractivity contribution is 6.30. The Labute approximate surface area is 138 Å². The molecule has 0 aliphatic heterocycles. The smallest absolute Gasteiger partial charge is 0.342 e. The molecule has 8 heteroatoms. The molecule has 1 aliphatic rings. The van der Waals surface area contributed by atoms with E-state index in [1.54, 1.807) is 0 Å². The van der Waals surface area contributed by atoms with Gasteiger partial charge in [0.2, 0.25) is 5.91 Å². The first kappa shape index (κ1) is 17.1. The van der Waals surface area contributed by atoms with Gasteiger partial charge in [-0.25, -0.2) is 4.79 Å². The lowest BCUT2D eigenvalue weighted by molar-refractivity contribution is -0.137. The van der Waals surface area contributed by atoms with Crippen LogP contribution in [0.1, 0.15) is 23.2 Å². The van der Waals surface area contributed by atoms with Crippen LogP contribution in [0.15, 0.2) is 18.2 Å². The highest BCUT2D eigenvalue weighted by atomic mass is 35.5. The van der Waals surface area contributed by atoms with Gasteiger partial charge in [-0.15, -0.1) is 0 Å². The Morgan fingerprint density at radius 2 is 2.09 bits per heavy atom. The van der Waals surface area contributed by atoms with E-state index in [-0.39, 0.29) is 34.8 Å². The van der Waals surface area contributed by atoms with Crippen LogP contribution in [0.3, 0.4) is 0 Å². The average molecular weight is 341 g/mol. The summed E-state index contributed by atoms with van der Waals surface area (Å²) in [6.07, 6.45) is 1.93. The van der Waals surface area contributed by atoms with Gasteiger partial charge in [0.25, 0.3) is 5.91 Å². The molecule has 1 aromatic carbocycles. The van der Waals surface area contributed by atoms with Crippen molar-refractivity contribution in [1.29, 1.82) is 0 Å². The van der Waals surface area contributed by atoms with Crippen LogP contribution in [0.5, 0.6) is 5.75 Å². The van der Waals surface area contributed by atoms with Gasteiger partial charge in [-0.3, -0.25) is 9.59 Å². The van der Waals surface area contributed by atoms with Gasteiger partial charge in [-0.1, -0.05) is 11.6 Å². The monoisotopic (exact) mass is 340 g/mol. The number of carbonyl (C=O) groups is 3. The van der Waals surface area contributed by atoms with E-state index >= 15 is 0 Å². The second-order valence-corrected chi connectivity index (χ2v) is 5.77. The van der Waals surface area contributed by atoms with Crippen LogP contribution in [0.25, 0.3) is 0 Å². The third-order valence-electron chi connectivity index (χ3n) is 3.26. The maximum atomic E-state index is 11.8. The molecule has 7 nitrogen and oxygen atoms in total. The minimum absolute atomic E-state index is 0.0867. The summed E-state index contributed by atoms with van der Waals surface area (Å²) in [6.45, 7) is -0.618. The van der Waals surface area contributed by atoms with Crippen molar-refractivity contribution in [2.45, 2.75) is 18.9 Å². The van der Waals surface area contributed by atoms with E-state index in [4.69, 9.17) is 16.3 Å². The topological polar surface area (TPSA) is 95.9 Å². The zero-order chi connectivity index (χ0) is 17.0. The van der Waals surface area contributed by atoms with Gasteiger partial charge in [0.15, 0.2) is 6.61 Å². The van der Waals surface area contributed by atoms with Crippen molar-refractivity contribution in [3.8, 4) is 5.75 Å². The van der Waals surface area contributed by atoms with Crippen molar-refractivity contribution in [3.63, 3.8) is 0 Å². The van der Waals surface area contributed by atoms with Gasteiger partial charge < -0.3 is 20.1 Å². The molecule has 0 unspecified atom stereocenters. The Morgan fingerprint density at radius 1 is 1.39 bits per heavy atom. The van der Waals surface area contributed by atoms with Crippen LogP contribution in [0, 0.1) is 0 Å². The first-order valence-electron chi connectivity index (χ1n) is 7.06. The number of benzene rings is 1. The fourth-order valence-electron chi connectivity index (χ4n) is 1.80. The molecule has 0 saturated heterocycles. The molecule has 0 aromatic heterocycles. The fraction of sp³-hybridized carbons (Fsp3) is 0.400. The normalized spacial score (nSPS) is 13.3. The standard InChI is InChI=1S/C15H17ClN2O5/c1-18(7-13(20)17-10-3-4-10)14(21)8-23-15(22)11-5-2-9(16)6-12(11)19/h2,5-6,10,19H,3-4,7-8H2,1H3,(H,17,20). The van der Waals surface area contributed by atoms with Gasteiger partial charge in [-0.05, 0) is 31.0 Å². The number of phenolic OH excluding ortho intramolecular Hbond substituents is 1. The van der Waals surface area contributed by atoms with Crippen molar-refractivity contribution >= 4 is 29.4 Å². The minimum atomic E-state index is -0.844. The van der Waals surface area contributed by atoms with E-state index in [0.29, 0.717) is 0 Å². The van der Waals surface area contributed by atoms with Crippen molar-refractivity contribution in [2.24, 2.45) is 0 Å². The summed E-state index contributed by atoms with van der Waals surface area (Å²) >= 11 is 5.67. The summed E-state index contributed by atoms with van der Waals surface area (Å²) < 4.78 is 4.84. The molecule has 0 spiro atoms. The lowest BCUT2D eigenvalue weighted by atomic mass is 10.2. The van der Waals surface area contributed by atoms with Crippen LogP contribution in [-0.2, 0) is 14.3 Å². The number of phenols is 1. The summed E-state index contributed by atoms with van der Waals surface area (Å²) in [5.41, 5.74) is -0.0867. The number of ether oxygens (including phenoxy) is 1. The second-order valence-electron chi connectivity index (χ2n) is 5.33. The van der Waals surface area contributed by atoms with E-state index in [1.807, 2.05) is 0 Å². The molecule has 1 aromatic rings. The number of amides is 2. The van der Waals surface area contributed by atoms with E-state index in [0.717, 1.165) is 12.8 Å². The Bertz CT molecular complexity index is 630. The Hall–Kier alpha value is -2.28. The van der Waals surface area contributed by atoms with E-state index in [1.165, 1.54) is 30.1 Å². The minimum Gasteiger partial charge on any atom is -0.507 e. The van der Waals surface area contributed by atoms with Crippen LogP contribution in [-0.4, -0.2) is 54.0 Å². The van der Waals surface area contributed by atoms with Crippen LogP contribution in [0.2, 0.25) is 5.02 Å². The first-order chi connectivity index (χ1) is 10.9. The number of rotatable bonds is 6. The summed E-state index contributed by atoms with van der Waals surface area (Å²) in [5, 5.41) is 12.6. The summed E-state index contributed by atoms with van der Waals surface area (Å²) in [7, 11) is 1.45. The van der Waals surface area contributed by atoms with Crippen molar-refractivity contribution in [2.75, 3.05) is 20.2 Å². The van der Waals surface area contributed by atoms with Gasteiger partial charge in [0.1, 0.15) is 11.3 Å². The fourth-order valence-corrected chi connectivity index (χ4v) is 1.96. The predicted molar refractivity (Wildman–Crippen MR) is 82.2 cm³/mol. The van der Waals surface area contributed by atoms with Crippen molar-refractivity contribution in [3.05, 3.63) is 28.8 Å². The number of hydrogen-bond acceptors (Lipinski definition) is 5. The molecule has 0 heterocycles. The van der Waals surface area contributed by atoms with Crippen LogP contribution < -0.4 is 5.32 Å². The zero-order valence-electron chi connectivity index (χ0n) is 12.5. The zero-order valence-corrected chi connectivity index (χ0v) is 13.3. The molecule has 0 bridgehead atoms. The van der Waals surface area contributed by atoms with Crippen LogP contribution >= 0.6 is 11.6 Å². The molecule has 0 atom stereocenters. The average Bonchev–Trinajstić information content (AvgIpc) is 3.27. The summed E-state index contributed by atoms with van der Waals surface area (Å²) in [4.78, 5) is 36.4. The van der Waals surface area contributed by atoms with Gasteiger partial charge >= 0.3 is 5.97 Å². The van der Waals surface area contributed by atoms with Gasteiger partial charge in [0, 0.05) is 18.1 Å². The third-order valence-corrected chi connectivity index (χ3v) is 3.49.